The zero-order valence-corrected chi connectivity index (χ0v) is 12.2. The first-order chi connectivity index (χ1) is 9.97. The van der Waals surface area contributed by atoms with Gasteiger partial charge in [-0.15, -0.1) is 0 Å². The monoisotopic (exact) mass is 286 g/mol. The van der Waals surface area contributed by atoms with Crippen molar-refractivity contribution in [1.82, 2.24) is 4.57 Å². The minimum absolute atomic E-state index is 0.00533. The fourth-order valence-corrected chi connectivity index (χ4v) is 2.27. The Morgan fingerprint density at radius 1 is 1.24 bits per heavy atom. The SMILES string of the molecule is C/C(=N\O)c1c(O)cc(C(C)C)n(-c2ccccc2)c1=O. The molecule has 0 amide bonds. The Morgan fingerprint density at radius 3 is 2.38 bits per heavy atom. The maximum Gasteiger partial charge on any atom is 0.268 e. The topological polar surface area (TPSA) is 74.8 Å². The number of hydrogen-bond acceptors (Lipinski definition) is 4. The summed E-state index contributed by atoms with van der Waals surface area (Å²) in [6.45, 7) is 5.36. The third-order valence-corrected chi connectivity index (χ3v) is 3.33. The minimum atomic E-state index is -0.403. The molecule has 110 valence electrons. The third-order valence-electron chi connectivity index (χ3n) is 3.33. The number of oxime groups is 1. The quantitative estimate of drug-likeness (QED) is 0.517. The molecule has 1 heterocycles. The summed E-state index contributed by atoms with van der Waals surface area (Å²) in [5.41, 5.74) is 1.08. The lowest BCUT2D eigenvalue weighted by molar-refractivity contribution is 0.318. The van der Waals surface area contributed by atoms with Crippen LogP contribution in [0.4, 0.5) is 0 Å². The molecule has 2 aromatic rings. The van der Waals surface area contributed by atoms with Crippen LogP contribution in [-0.2, 0) is 0 Å². The van der Waals surface area contributed by atoms with Gasteiger partial charge in [0.2, 0.25) is 0 Å². The molecule has 0 saturated heterocycles. The van der Waals surface area contributed by atoms with Gasteiger partial charge in [0.15, 0.2) is 0 Å². The van der Waals surface area contributed by atoms with Crippen molar-refractivity contribution in [3.05, 3.63) is 58.0 Å². The molecule has 5 heteroatoms. The molecule has 1 aromatic carbocycles. The third kappa shape index (κ3) is 2.67. The number of rotatable bonds is 3. The molecular weight excluding hydrogens is 268 g/mol. The van der Waals surface area contributed by atoms with Crippen LogP contribution in [0.5, 0.6) is 5.75 Å². The molecule has 0 saturated carbocycles. The van der Waals surface area contributed by atoms with E-state index in [1.165, 1.54) is 11.5 Å². The van der Waals surface area contributed by atoms with Crippen molar-refractivity contribution in [3.63, 3.8) is 0 Å². The van der Waals surface area contributed by atoms with Crippen LogP contribution < -0.4 is 5.56 Å². The van der Waals surface area contributed by atoms with Crippen LogP contribution in [0.1, 0.15) is 37.9 Å². The lowest BCUT2D eigenvalue weighted by Crippen LogP contribution is -2.28. The second-order valence-electron chi connectivity index (χ2n) is 5.15. The van der Waals surface area contributed by atoms with Gasteiger partial charge in [0.25, 0.3) is 5.56 Å². The van der Waals surface area contributed by atoms with Crippen LogP contribution in [0.3, 0.4) is 0 Å². The van der Waals surface area contributed by atoms with E-state index in [-0.39, 0.29) is 22.9 Å². The Labute approximate surface area is 122 Å². The highest BCUT2D eigenvalue weighted by Crippen LogP contribution is 2.24. The van der Waals surface area contributed by atoms with E-state index in [9.17, 15) is 9.90 Å². The van der Waals surface area contributed by atoms with Crippen molar-refractivity contribution in [1.29, 1.82) is 0 Å². The van der Waals surface area contributed by atoms with E-state index in [1.54, 1.807) is 6.07 Å². The Morgan fingerprint density at radius 2 is 1.86 bits per heavy atom. The predicted octanol–water partition coefficient (Wildman–Crippen LogP) is 2.86. The summed E-state index contributed by atoms with van der Waals surface area (Å²) in [7, 11) is 0. The lowest BCUT2D eigenvalue weighted by atomic mass is 10.0. The van der Waals surface area contributed by atoms with Crippen LogP contribution in [0.15, 0.2) is 46.3 Å². The van der Waals surface area contributed by atoms with Gasteiger partial charge >= 0.3 is 0 Å². The Balaban J connectivity index is 2.87. The van der Waals surface area contributed by atoms with Gasteiger partial charge in [-0.2, -0.15) is 0 Å². The van der Waals surface area contributed by atoms with Crippen LogP contribution in [0, 0.1) is 0 Å². The molecular formula is C16H18N2O3. The molecule has 5 nitrogen and oxygen atoms in total. The Hall–Kier alpha value is -2.56. The first-order valence-electron chi connectivity index (χ1n) is 6.70. The molecule has 0 atom stereocenters. The number of nitrogens with zero attached hydrogens (tertiary/aromatic N) is 2. The average molecular weight is 286 g/mol. The zero-order valence-electron chi connectivity index (χ0n) is 12.2. The zero-order chi connectivity index (χ0) is 15.6. The highest BCUT2D eigenvalue weighted by Gasteiger charge is 2.19. The molecule has 0 bridgehead atoms. The number of aromatic nitrogens is 1. The first-order valence-corrected chi connectivity index (χ1v) is 6.70. The van der Waals surface area contributed by atoms with Crippen LogP contribution in [0.25, 0.3) is 5.69 Å². The Kier molecular flexibility index (Phi) is 4.12. The summed E-state index contributed by atoms with van der Waals surface area (Å²) in [6, 6.07) is 10.7. The van der Waals surface area contributed by atoms with Gasteiger partial charge in [0, 0.05) is 17.4 Å². The Bertz CT molecular complexity index is 731. The van der Waals surface area contributed by atoms with E-state index in [1.807, 2.05) is 44.2 Å². The molecule has 21 heavy (non-hydrogen) atoms. The summed E-state index contributed by atoms with van der Waals surface area (Å²) in [5, 5.41) is 22.0. The van der Waals surface area contributed by atoms with E-state index in [0.29, 0.717) is 11.4 Å². The first kappa shape index (κ1) is 14.8. The maximum absolute atomic E-state index is 12.7. The molecule has 2 rings (SSSR count). The van der Waals surface area contributed by atoms with Crippen molar-refractivity contribution in [2.24, 2.45) is 5.16 Å². The van der Waals surface area contributed by atoms with Gasteiger partial charge in [-0.05, 0) is 25.0 Å². The van der Waals surface area contributed by atoms with Gasteiger partial charge in [0.1, 0.15) is 11.3 Å². The van der Waals surface area contributed by atoms with Crippen molar-refractivity contribution in [3.8, 4) is 11.4 Å². The average Bonchev–Trinajstić information content (AvgIpc) is 2.47. The standard InChI is InChI=1S/C16H18N2O3/c1-10(2)13-9-14(19)15(11(3)17-21)16(20)18(13)12-7-5-4-6-8-12/h4-10,19,21H,1-3H3/b17-11+. The van der Waals surface area contributed by atoms with E-state index >= 15 is 0 Å². The molecule has 0 aliphatic carbocycles. The number of aromatic hydroxyl groups is 1. The van der Waals surface area contributed by atoms with Crippen LogP contribution in [0.2, 0.25) is 0 Å². The normalized spacial score (nSPS) is 11.9. The van der Waals surface area contributed by atoms with Crippen molar-refractivity contribution in [2.75, 3.05) is 0 Å². The largest absolute Gasteiger partial charge is 0.507 e. The van der Waals surface area contributed by atoms with E-state index in [0.717, 1.165) is 0 Å². The molecule has 0 unspecified atom stereocenters. The lowest BCUT2D eigenvalue weighted by Gasteiger charge is -2.18. The van der Waals surface area contributed by atoms with E-state index in [4.69, 9.17) is 5.21 Å². The van der Waals surface area contributed by atoms with E-state index in [2.05, 4.69) is 5.16 Å². The van der Waals surface area contributed by atoms with Gasteiger partial charge in [-0.1, -0.05) is 37.2 Å². The highest BCUT2D eigenvalue weighted by atomic mass is 16.4. The maximum atomic E-state index is 12.7. The fourth-order valence-electron chi connectivity index (χ4n) is 2.27. The van der Waals surface area contributed by atoms with Gasteiger partial charge in [-0.25, -0.2) is 0 Å². The number of benzene rings is 1. The molecule has 0 aliphatic rings. The second-order valence-corrected chi connectivity index (χ2v) is 5.15. The summed E-state index contributed by atoms with van der Waals surface area (Å²) in [4.78, 5) is 12.7. The van der Waals surface area contributed by atoms with Crippen molar-refractivity contribution < 1.29 is 10.3 Å². The molecule has 0 fully saturated rings. The second kappa shape index (κ2) is 5.83. The number of pyridine rings is 1. The predicted molar refractivity (Wildman–Crippen MR) is 81.8 cm³/mol. The van der Waals surface area contributed by atoms with E-state index < -0.39 is 5.56 Å². The van der Waals surface area contributed by atoms with Crippen molar-refractivity contribution >= 4 is 5.71 Å². The number of para-hydroxylation sites is 1. The van der Waals surface area contributed by atoms with Gasteiger partial charge in [0.05, 0.1) is 5.71 Å². The smallest absolute Gasteiger partial charge is 0.268 e. The van der Waals surface area contributed by atoms with Gasteiger partial charge < -0.3 is 10.3 Å². The molecule has 2 N–H and O–H groups in total. The molecule has 0 radical (unpaired) electrons. The van der Waals surface area contributed by atoms with Crippen molar-refractivity contribution in [2.45, 2.75) is 26.7 Å². The summed E-state index contributed by atoms with van der Waals surface area (Å²) in [6.07, 6.45) is 0. The van der Waals surface area contributed by atoms with Gasteiger partial charge in [-0.3, -0.25) is 9.36 Å². The summed E-state index contributed by atoms with van der Waals surface area (Å²) < 4.78 is 1.54. The molecule has 0 spiro atoms. The summed E-state index contributed by atoms with van der Waals surface area (Å²) >= 11 is 0. The summed E-state index contributed by atoms with van der Waals surface area (Å²) in [5.74, 6) is -0.129. The van der Waals surface area contributed by atoms with Crippen LogP contribution >= 0.6 is 0 Å². The molecule has 1 aromatic heterocycles. The number of hydrogen-bond donors (Lipinski definition) is 2. The highest BCUT2D eigenvalue weighted by molar-refractivity contribution is 6.00. The minimum Gasteiger partial charge on any atom is -0.507 e. The fraction of sp³-hybridized carbons (Fsp3) is 0.250. The molecule has 0 aliphatic heterocycles. The van der Waals surface area contributed by atoms with Crippen LogP contribution in [-0.4, -0.2) is 20.6 Å².